The molecule has 0 aliphatic rings. The Balaban J connectivity index is 3.15. The number of carbonyl (C=O) groups is 1. The van der Waals surface area contributed by atoms with Crippen molar-refractivity contribution < 1.29 is 9.18 Å². The molecule has 1 amide bonds. The van der Waals surface area contributed by atoms with Crippen LogP contribution in [-0.2, 0) is 7.05 Å². The van der Waals surface area contributed by atoms with Gasteiger partial charge in [0.15, 0.2) is 0 Å². The Morgan fingerprint density at radius 3 is 2.70 bits per heavy atom. The number of halogens is 1. The Morgan fingerprint density at radius 2 is 2.50 bits per heavy atom. The molecule has 5 heteroatoms. The highest BCUT2D eigenvalue weighted by molar-refractivity contribution is 5.92. The van der Waals surface area contributed by atoms with Gasteiger partial charge in [-0.3, -0.25) is 9.48 Å². The summed E-state index contributed by atoms with van der Waals surface area (Å²) in [5.74, 6) is -1.62. The minimum Gasteiger partial charge on any atom is -0.365 e. The molecule has 1 aromatic rings. The summed E-state index contributed by atoms with van der Waals surface area (Å²) < 4.78 is 13.6. The Labute approximate surface area is 56.4 Å². The molecule has 0 spiro atoms. The minimum absolute atomic E-state index is 0.178. The minimum atomic E-state index is -0.824. The number of aromatic nitrogens is 2. The SMILES string of the molecule is Cn1cc(C(N)=O)c(F)n1. The molecular weight excluding hydrogens is 137 g/mol. The van der Waals surface area contributed by atoms with Gasteiger partial charge < -0.3 is 5.73 Å². The molecule has 0 fully saturated rings. The lowest BCUT2D eigenvalue weighted by Gasteiger charge is -1.82. The Morgan fingerprint density at radius 1 is 1.90 bits per heavy atom. The first-order chi connectivity index (χ1) is 4.61. The second-order valence-electron chi connectivity index (χ2n) is 1.87. The molecular formula is C5H6FN3O. The van der Waals surface area contributed by atoms with E-state index in [0.29, 0.717) is 0 Å². The fourth-order valence-electron chi connectivity index (χ4n) is 0.627. The van der Waals surface area contributed by atoms with Crippen molar-refractivity contribution >= 4 is 5.91 Å². The lowest BCUT2D eigenvalue weighted by atomic mass is 10.3. The molecule has 0 saturated heterocycles. The third-order valence-corrected chi connectivity index (χ3v) is 1.05. The molecule has 1 heterocycles. The summed E-state index contributed by atoms with van der Waals surface area (Å²) in [4.78, 5) is 10.4. The van der Waals surface area contributed by atoms with E-state index in [2.05, 4.69) is 5.10 Å². The summed E-state index contributed by atoms with van der Waals surface area (Å²) in [6.07, 6.45) is 1.23. The predicted molar refractivity (Wildman–Crippen MR) is 31.7 cm³/mol. The Bertz CT molecular complexity index is 268. The van der Waals surface area contributed by atoms with Gasteiger partial charge in [-0.2, -0.15) is 4.39 Å². The van der Waals surface area contributed by atoms with E-state index in [4.69, 9.17) is 5.73 Å². The first-order valence-corrected chi connectivity index (χ1v) is 2.60. The van der Waals surface area contributed by atoms with E-state index in [1.807, 2.05) is 0 Å². The van der Waals surface area contributed by atoms with Crippen molar-refractivity contribution in [3.05, 3.63) is 17.7 Å². The zero-order chi connectivity index (χ0) is 7.72. The summed E-state index contributed by atoms with van der Waals surface area (Å²) in [5.41, 5.74) is 4.62. The van der Waals surface area contributed by atoms with Crippen LogP contribution in [0, 0.1) is 5.95 Å². The number of nitrogens with two attached hydrogens (primary N) is 1. The standard InChI is InChI=1S/C5H6FN3O/c1-9-2-3(5(7)10)4(6)8-9/h2H,1H3,(H2,7,10). The van der Waals surface area contributed by atoms with Gasteiger partial charge in [-0.05, 0) is 0 Å². The number of hydrogen-bond acceptors (Lipinski definition) is 2. The van der Waals surface area contributed by atoms with Crippen LogP contribution in [0.15, 0.2) is 6.20 Å². The van der Waals surface area contributed by atoms with E-state index in [-0.39, 0.29) is 5.56 Å². The van der Waals surface area contributed by atoms with Gasteiger partial charge in [0.2, 0.25) is 5.95 Å². The van der Waals surface area contributed by atoms with Crippen LogP contribution in [0.2, 0.25) is 0 Å². The Kier molecular flexibility index (Phi) is 1.41. The van der Waals surface area contributed by atoms with Crippen LogP contribution in [0.5, 0.6) is 0 Å². The van der Waals surface area contributed by atoms with Gasteiger partial charge in [-0.15, -0.1) is 5.10 Å². The topological polar surface area (TPSA) is 60.9 Å². The van der Waals surface area contributed by atoms with Gasteiger partial charge in [0.05, 0.1) is 0 Å². The van der Waals surface area contributed by atoms with Gasteiger partial charge in [0, 0.05) is 13.2 Å². The highest BCUT2D eigenvalue weighted by atomic mass is 19.1. The molecule has 0 aliphatic heterocycles. The van der Waals surface area contributed by atoms with Crippen LogP contribution in [0.3, 0.4) is 0 Å². The first-order valence-electron chi connectivity index (χ1n) is 2.60. The molecule has 54 valence electrons. The van der Waals surface area contributed by atoms with Crippen LogP contribution in [-0.4, -0.2) is 15.7 Å². The molecule has 2 N–H and O–H groups in total. The van der Waals surface area contributed by atoms with E-state index in [9.17, 15) is 9.18 Å². The lowest BCUT2D eigenvalue weighted by Crippen LogP contribution is -2.11. The van der Waals surface area contributed by atoms with Crippen molar-refractivity contribution in [1.29, 1.82) is 0 Å². The third-order valence-electron chi connectivity index (χ3n) is 1.05. The van der Waals surface area contributed by atoms with Crippen molar-refractivity contribution in [1.82, 2.24) is 9.78 Å². The highest BCUT2D eigenvalue weighted by Crippen LogP contribution is 2.01. The Hall–Kier alpha value is -1.39. The second kappa shape index (κ2) is 2.09. The molecule has 1 aromatic heterocycles. The molecule has 0 aromatic carbocycles. The summed E-state index contributed by atoms with van der Waals surface area (Å²) in [5, 5.41) is 3.28. The molecule has 0 saturated carbocycles. The monoisotopic (exact) mass is 143 g/mol. The van der Waals surface area contributed by atoms with E-state index in [1.165, 1.54) is 17.9 Å². The van der Waals surface area contributed by atoms with E-state index in [1.54, 1.807) is 0 Å². The number of aryl methyl sites for hydroxylation is 1. The maximum atomic E-state index is 12.4. The summed E-state index contributed by atoms with van der Waals surface area (Å²) in [6, 6.07) is 0. The third kappa shape index (κ3) is 0.975. The van der Waals surface area contributed by atoms with Gasteiger partial charge in [-0.25, -0.2) is 0 Å². The van der Waals surface area contributed by atoms with Crippen molar-refractivity contribution in [3.8, 4) is 0 Å². The van der Waals surface area contributed by atoms with Crippen LogP contribution in [0.25, 0.3) is 0 Å². The molecule has 0 radical (unpaired) electrons. The van der Waals surface area contributed by atoms with E-state index >= 15 is 0 Å². The average molecular weight is 143 g/mol. The predicted octanol–water partition coefficient (Wildman–Crippen LogP) is -0.342. The zero-order valence-electron chi connectivity index (χ0n) is 5.34. The number of carbonyl (C=O) groups excluding carboxylic acids is 1. The molecule has 0 unspecified atom stereocenters. The number of nitrogens with zero attached hydrogens (tertiary/aromatic N) is 2. The van der Waals surface area contributed by atoms with Gasteiger partial charge in [0.25, 0.3) is 5.91 Å². The smallest absolute Gasteiger partial charge is 0.254 e. The van der Waals surface area contributed by atoms with Crippen LogP contribution >= 0.6 is 0 Å². The fourth-order valence-corrected chi connectivity index (χ4v) is 0.627. The number of amides is 1. The van der Waals surface area contributed by atoms with Crippen molar-refractivity contribution in [2.45, 2.75) is 0 Å². The molecule has 0 aliphatic carbocycles. The average Bonchev–Trinajstić information content (AvgIpc) is 2.10. The lowest BCUT2D eigenvalue weighted by molar-refractivity contribution is 0.0996. The summed E-state index contributed by atoms with van der Waals surface area (Å²) >= 11 is 0. The normalized spacial score (nSPS) is 9.80. The highest BCUT2D eigenvalue weighted by Gasteiger charge is 2.10. The van der Waals surface area contributed by atoms with Gasteiger partial charge in [0.1, 0.15) is 5.56 Å². The fraction of sp³-hybridized carbons (Fsp3) is 0.200. The van der Waals surface area contributed by atoms with Crippen LogP contribution < -0.4 is 5.73 Å². The summed E-state index contributed by atoms with van der Waals surface area (Å²) in [6.45, 7) is 0. The quantitative estimate of drug-likeness (QED) is 0.584. The number of primary amides is 1. The molecule has 4 nitrogen and oxygen atoms in total. The van der Waals surface area contributed by atoms with Crippen molar-refractivity contribution in [2.75, 3.05) is 0 Å². The van der Waals surface area contributed by atoms with E-state index < -0.39 is 11.9 Å². The molecule has 10 heavy (non-hydrogen) atoms. The maximum Gasteiger partial charge on any atom is 0.254 e. The van der Waals surface area contributed by atoms with Crippen LogP contribution in [0.4, 0.5) is 4.39 Å². The van der Waals surface area contributed by atoms with Gasteiger partial charge in [-0.1, -0.05) is 0 Å². The van der Waals surface area contributed by atoms with Crippen LogP contribution in [0.1, 0.15) is 10.4 Å². The molecule has 0 atom stereocenters. The number of hydrogen-bond donors (Lipinski definition) is 1. The first kappa shape index (κ1) is 6.73. The molecule has 0 bridgehead atoms. The second-order valence-corrected chi connectivity index (χ2v) is 1.87. The maximum absolute atomic E-state index is 12.4. The van der Waals surface area contributed by atoms with Gasteiger partial charge >= 0.3 is 0 Å². The molecule has 1 rings (SSSR count). The van der Waals surface area contributed by atoms with Crippen molar-refractivity contribution in [3.63, 3.8) is 0 Å². The zero-order valence-corrected chi connectivity index (χ0v) is 5.34. The summed E-state index contributed by atoms with van der Waals surface area (Å²) in [7, 11) is 1.51. The van der Waals surface area contributed by atoms with E-state index in [0.717, 1.165) is 0 Å². The largest absolute Gasteiger partial charge is 0.365 e. The number of rotatable bonds is 1. The van der Waals surface area contributed by atoms with Crippen molar-refractivity contribution in [2.24, 2.45) is 12.8 Å².